The molecule has 1 rings (SSSR count). The Morgan fingerprint density at radius 2 is 2.18 bits per heavy atom. The van der Waals surface area contributed by atoms with Gasteiger partial charge < -0.3 is 4.90 Å². The van der Waals surface area contributed by atoms with Crippen molar-refractivity contribution in [2.24, 2.45) is 0 Å². The van der Waals surface area contributed by atoms with Crippen LogP contribution in [0.2, 0.25) is 0 Å². The average molecular weight is 155 g/mol. The van der Waals surface area contributed by atoms with E-state index in [-0.39, 0.29) is 5.91 Å². The summed E-state index contributed by atoms with van der Waals surface area (Å²) >= 11 is 0. The van der Waals surface area contributed by atoms with E-state index in [1.165, 1.54) is 0 Å². The molecule has 0 aromatic heterocycles. The average Bonchev–Trinajstić information content (AvgIpc) is 1.94. The second kappa shape index (κ2) is 3.22. The summed E-state index contributed by atoms with van der Waals surface area (Å²) in [5.41, 5.74) is 0. The van der Waals surface area contributed by atoms with Crippen LogP contribution in [0.15, 0.2) is 0 Å². The van der Waals surface area contributed by atoms with Crippen LogP contribution < -0.4 is 5.32 Å². The van der Waals surface area contributed by atoms with Crippen LogP contribution in [0, 0.1) is 0 Å². The summed E-state index contributed by atoms with van der Waals surface area (Å²) in [6.07, 6.45) is 0. The van der Waals surface area contributed by atoms with E-state index in [1.807, 2.05) is 18.7 Å². The number of nitrogens with zero attached hydrogens (tertiary/aromatic N) is 2. The van der Waals surface area contributed by atoms with Gasteiger partial charge in [-0.2, -0.15) is 0 Å². The maximum atomic E-state index is 11.0. The number of carbonyl (C=O) groups is 1. The smallest absolute Gasteiger partial charge is 0.219 e. The Kier molecular flexibility index (Phi) is 2.49. The lowest BCUT2D eigenvalue weighted by Crippen LogP contribution is -2.52. The number of carbonyl (C=O) groups excluding carboxylic acids is 1. The molecule has 2 unspecified atom stereocenters. The van der Waals surface area contributed by atoms with Crippen LogP contribution >= 0.6 is 0 Å². The first kappa shape index (κ1) is 8.53. The van der Waals surface area contributed by atoms with E-state index >= 15 is 0 Å². The van der Waals surface area contributed by atoms with Crippen molar-refractivity contribution >= 4 is 5.91 Å². The fourth-order valence-electron chi connectivity index (χ4n) is 1.39. The van der Waals surface area contributed by atoms with E-state index < -0.39 is 0 Å². The molecule has 0 aliphatic carbocycles. The van der Waals surface area contributed by atoms with Gasteiger partial charge in [0.2, 0.25) is 5.91 Å². The molecule has 0 aromatic rings. The third-order valence-corrected chi connectivity index (χ3v) is 2.08. The van der Waals surface area contributed by atoms with Crippen molar-refractivity contribution in [2.45, 2.75) is 32.9 Å². The van der Waals surface area contributed by atoms with E-state index in [4.69, 9.17) is 0 Å². The highest BCUT2D eigenvalue weighted by Crippen LogP contribution is 2.07. The van der Waals surface area contributed by atoms with Gasteiger partial charge >= 0.3 is 0 Å². The third-order valence-electron chi connectivity index (χ3n) is 2.08. The van der Waals surface area contributed by atoms with Crippen molar-refractivity contribution in [3.63, 3.8) is 0 Å². The summed E-state index contributed by atoms with van der Waals surface area (Å²) in [7, 11) is 0. The van der Waals surface area contributed by atoms with Crippen LogP contribution in [0.4, 0.5) is 0 Å². The van der Waals surface area contributed by atoms with Gasteiger partial charge in [-0.25, -0.2) is 5.32 Å². The predicted octanol–water partition coefficient (Wildman–Crippen LogP) is 0.230. The standard InChI is InChI=1S/C8H15N2O/c1-6-5-10(8(3)11)7(2)4-9-6/h6-7H,4-5H2,1-3H3. The molecular weight excluding hydrogens is 140 g/mol. The first-order valence-electron chi connectivity index (χ1n) is 4.05. The maximum absolute atomic E-state index is 11.0. The zero-order valence-electron chi connectivity index (χ0n) is 7.37. The summed E-state index contributed by atoms with van der Waals surface area (Å²) in [6.45, 7) is 7.28. The molecule has 2 atom stereocenters. The minimum absolute atomic E-state index is 0.166. The Labute approximate surface area is 67.8 Å². The zero-order chi connectivity index (χ0) is 8.43. The topological polar surface area (TPSA) is 34.4 Å². The molecule has 0 aromatic carbocycles. The monoisotopic (exact) mass is 155 g/mol. The number of rotatable bonds is 0. The highest BCUT2D eigenvalue weighted by molar-refractivity contribution is 5.73. The summed E-state index contributed by atoms with van der Waals surface area (Å²) in [4.78, 5) is 12.9. The predicted molar refractivity (Wildman–Crippen MR) is 43.3 cm³/mol. The van der Waals surface area contributed by atoms with E-state index in [2.05, 4.69) is 5.32 Å². The molecule has 0 spiro atoms. The second-order valence-electron chi connectivity index (χ2n) is 3.23. The Morgan fingerprint density at radius 1 is 1.55 bits per heavy atom. The van der Waals surface area contributed by atoms with E-state index in [1.54, 1.807) is 6.92 Å². The first-order chi connectivity index (χ1) is 5.11. The molecular formula is C8H15N2O. The second-order valence-corrected chi connectivity index (χ2v) is 3.23. The van der Waals surface area contributed by atoms with Crippen LogP contribution in [0.1, 0.15) is 20.8 Å². The highest BCUT2D eigenvalue weighted by atomic mass is 16.2. The molecule has 3 nitrogen and oxygen atoms in total. The summed E-state index contributed by atoms with van der Waals surface area (Å²) in [5.74, 6) is 0.166. The van der Waals surface area contributed by atoms with Crippen molar-refractivity contribution in [1.82, 2.24) is 10.2 Å². The van der Waals surface area contributed by atoms with Gasteiger partial charge in [0, 0.05) is 32.1 Å². The summed E-state index contributed by atoms with van der Waals surface area (Å²) in [6, 6.07) is 0.610. The maximum Gasteiger partial charge on any atom is 0.219 e. The number of amides is 1. The number of hydrogen-bond donors (Lipinski definition) is 0. The lowest BCUT2D eigenvalue weighted by molar-refractivity contribution is -0.132. The molecule has 11 heavy (non-hydrogen) atoms. The van der Waals surface area contributed by atoms with Gasteiger partial charge in [-0.1, -0.05) is 0 Å². The summed E-state index contributed by atoms with van der Waals surface area (Å²) < 4.78 is 0. The molecule has 0 N–H and O–H groups in total. The van der Waals surface area contributed by atoms with Gasteiger partial charge in [0.15, 0.2) is 0 Å². The molecule has 1 saturated heterocycles. The Bertz CT molecular complexity index is 158. The molecule has 1 fully saturated rings. The fourth-order valence-corrected chi connectivity index (χ4v) is 1.39. The fraction of sp³-hybridized carbons (Fsp3) is 0.875. The molecule has 3 heteroatoms. The molecule has 1 aliphatic heterocycles. The molecule has 1 radical (unpaired) electrons. The Hall–Kier alpha value is -0.570. The molecule has 63 valence electrons. The molecule has 0 saturated carbocycles. The van der Waals surface area contributed by atoms with Crippen molar-refractivity contribution in [2.75, 3.05) is 13.1 Å². The van der Waals surface area contributed by atoms with Gasteiger partial charge in [0.1, 0.15) is 0 Å². The highest BCUT2D eigenvalue weighted by Gasteiger charge is 2.24. The third kappa shape index (κ3) is 1.93. The first-order valence-corrected chi connectivity index (χ1v) is 4.05. The van der Waals surface area contributed by atoms with Gasteiger partial charge in [0.25, 0.3) is 0 Å². The van der Waals surface area contributed by atoms with Crippen molar-refractivity contribution < 1.29 is 4.79 Å². The quantitative estimate of drug-likeness (QED) is 0.493. The van der Waals surface area contributed by atoms with Crippen molar-refractivity contribution in [3.8, 4) is 0 Å². The van der Waals surface area contributed by atoms with Crippen LogP contribution in [0.25, 0.3) is 0 Å². The largest absolute Gasteiger partial charge is 0.337 e. The van der Waals surface area contributed by atoms with Crippen LogP contribution in [-0.4, -0.2) is 36.0 Å². The Morgan fingerprint density at radius 3 is 2.64 bits per heavy atom. The molecule has 1 aliphatic rings. The SMILES string of the molecule is CC(=O)N1CC(C)[N]CC1C. The minimum atomic E-state index is 0.166. The molecule has 0 bridgehead atoms. The van der Waals surface area contributed by atoms with E-state index in [0.29, 0.717) is 12.1 Å². The number of hydrogen-bond acceptors (Lipinski definition) is 1. The summed E-state index contributed by atoms with van der Waals surface area (Å²) in [5, 5.41) is 4.35. The van der Waals surface area contributed by atoms with Gasteiger partial charge in [-0.15, -0.1) is 0 Å². The number of piperazine rings is 1. The normalized spacial score (nSPS) is 32.1. The molecule has 1 amide bonds. The van der Waals surface area contributed by atoms with Crippen molar-refractivity contribution in [1.29, 1.82) is 0 Å². The van der Waals surface area contributed by atoms with Crippen molar-refractivity contribution in [3.05, 3.63) is 0 Å². The van der Waals surface area contributed by atoms with Gasteiger partial charge in [-0.3, -0.25) is 4.79 Å². The van der Waals surface area contributed by atoms with E-state index in [0.717, 1.165) is 13.1 Å². The van der Waals surface area contributed by atoms with Gasteiger partial charge in [-0.05, 0) is 13.8 Å². The lowest BCUT2D eigenvalue weighted by atomic mass is 10.1. The molecule has 1 heterocycles. The Balaban J connectivity index is 2.54. The lowest BCUT2D eigenvalue weighted by Gasteiger charge is -2.35. The zero-order valence-corrected chi connectivity index (χ0v) is 7.37. The van der Waals surface area contributed by atoms with Crippen LogP contribution in [-0.2, 0) is 4.79 Å². The minimum Gasteiger partial charge on any atom is -0.337 e. The van der Waals surface area contributed by atoms with Crippen LogP contribution in [0.3, 0.4) is 0 Å². The van der Waals surface area contributed by atoms with Gasteiger partial charge in [0.05, 0.1) is 0 Å². The van der Waals surface area contributed by atoms with Crippen LogP contribution in [0.5, 0.6) is 0 Å². The van der Waals surface area contributed by atoms with E-state index in [9.17, 15) is 4.79 Å².